The fourth-order valence-corrected chi connectivity index (χ4v) is 5.91. The highest BCUT2D eigenvalue weighted by molar-refractivity contribution is 6.08. The van der Waals surface area contributed by atoms with Crippen LogP contribution in [0, 0.1) is 0 Å². The molecule has 0 aliphatic carbocycles. The number of anilines is 2. The van der Waals surface area contributed by atoms with E-state index in [1.54, 1.807) is 24.3 Å². The number of halogens is 3. The lowest BCUT2D eigenvalue weighted by atomic mass is 9.96. The lowest BCUT2D eigenvalue weighted by Crippen LogP contribution is -2.30. The van der Waals surface area contributed by atoms with E-state index in [4.69, 9.17) is 0 Å². The van der Waals surface area contributed by atoms with Crippen molar-refractivity contribution in [3.05, 3.63) is 131 Å². The number of amides is 1. The van der Waals surface area contributed by atoms with Gasteiger partial charge in [0, 0.05) is 56.1 Å². The Bertz CT molecular complexity index is 1790. The summed E-state index contributed by atoms with van der Waals surface area (Å²) in [5, 5.41) is 5.53. The topological polar surface area (TPSA) is 35.6 Å². The third kappa shape index (κ3) is 5.99. The maximum Gasteiger partial charge on any atom is 0.416 e. The molecule has 0 saturated carbocycles. The monoisotopic (exact) mass is 579 g/mol. The minimum atomic E-state index is -4.41. The number of carbonyl (C=O) groups excluding carboxylic acids is 1. The Hall–Kier alpha value is -4.62. The summed E-state index contributed by atoms with van der Waals surface area (Å²) < 4.78 is 39.1. The zero-order valence-corrected chi connectivity index (χ0v) is 24.1. The summed E-state index contributed by atoms with van der Waals surface area (Å²) in [6, 6.07) is 30.8. The van der Waals surface area contributed by atoms with Crippen molar-refractivity contribution in [2.45, 2.75) is 25.7 Å². The zero-order chi connectivity index (χ0) is 30.1. The molecular formula is C36H32F3N3O. The highest BCUT2D eigenvalue weighted by Gasteiger charge is 2.30. The van der Waals surface area contributed by atoms with Crippen molar-refractivity contribution in [3.63, 3.8) is 0 Å². The molecule has 0 fully saturated rings. The van der Waals surface area contributed by atoms with Crippen LogP contribution in [0.2, 0.25) is 0 Å². The van der Waals surface area contributed by atoms with Gasteiger partial charge in [0.05, 0.1) is 5.56 Å². The third-order valence-corrected chi connectivity index (χ3v) is 8.12. The molecule has 0 bridgehead atoms. The Kier molecular flexibility index (Phi) is 7.67. The first-order valence-corrected chi connectivity index (χ1v) is 14.3. The molecule has 1 aliphatic rings. The summed E-state index contributed by atoms with van der Waals surface area (Å²) >= 11 is 0. The minimum absolute atomic E-state index is 0.305. The number of hydrogen-bond donors (Lipinski definition) is 1. The van der Waals surface area contributed by atoms with Crippen molar-refractivity contribution in [2.75, 3.05) is 30.9 Å². The average Bonchev–Trinajstić information content (AvgIpc) is 3.00. The summed E-state index contributed by atoms with van der Waals surface area (Å²) in [4.78, 5) is 17.9. The number of carbonyl (C=O) groups is 1. The fourth-order valence-electron chi connectivity index (χ4n) is 5.91. The smallest absolute Gasteiger partial charge is 0.377 e. The average molecular weight is 580 g/mol. The third-order valence-electron chi connectivity index (χ3n) is 8.12. The van der Waals surface area contributed by atoms with Gasteiger partial charge in [-0.25, -0.2) is 0 Å². The summed E-state index contributed by atoms with van der Waals surface area (Å²) in [7, 11) is 4.13. The van der Waals surface area contributed by atoms with E-state index < -0.39 is 11.7 Å². The van der Waals surface area contributed by atoms with Crippen LogP contribution in [0.4, 0.5) is 24.5 Å². The molecule has 1 heterocycles. The lowest BCUT2D eigenvalue weighted by molar-refractivity contribution is -0.137. The summed E-state index contributed by atoms with van der Waals surface area (Å²) in [6.07, 6.45) is -3.54. The largest absolute Gasteiger partial charge is 0.416 e. The van der Waals surface area contributed by atoms with Crippen LogP contribution in [-0.2, 0) is 25.7 Å². The second-order valence-corrected chi connectivity index (χ2v) is 11.2. The lowest BCUT2D eigenvalue weighted by Gasteiger charge is -2.30. The Morgan fingerprint density at radius 1 is 0.837 bits per heavy atom. The number of nitrogens with one attached hydrogen (secondary N) is 1. The van der Waals surface area contributed by atoms with Crippen LogP contribution in [0.1, 0.15) is 32.6 Å². The predicted molar refractivity (Wildman–Crippen MR) is 167 cm³/mol. The van der Waals surface area contributed by atoms with Gasteiger partial charge in [0.25, 0.3) is 5.91 Å². The van der Waals surface area contributed by atoms with Crippen LogP contribution in [0.5, 0.6) is 0 Å². The van der Waals surface area contributed by atoms with Gasteiger partial charge in [-0.05, 0) is 76.0 Å². The van der Waals surface area contributed by atoms with E-state index in [9.17, 15) is 18.0 Å². The van der Waals surface area contributed by atoms with Gasteiger partial charge in [-0.1, -0.05) is 66.7 Å². The highest BCUT2D eigenvalue weighted by Crippen LogP contribution is 2.33. The number of hydrogen-bond acceptors (Lipinski definition) is 3. The summed E-state index contributed by atoms with van der Waals surface area (Å²) in [5.74, 6) is -0.305. The van der Waals surface area contributed by atoms with Crippen molar-refractivity contribution < 1.29 is 18.0 Å². The molecule has 5 aromatic rings. The summed E-state index contributed by atoms with van der Waals surface area (Å²) in [6.45, 7) is 2.59. The molecule has 0 unspecified atom stereocenters. The molecule has 218 valence electrons. The van der Waals surface area contributed by atoms with E-state index in [1.807, 2.05) is 12.1 Å². The number of benzene rings is 5. The minimum Gasteiger partial charge on any atom is -0.377 e. The maximum atomic E-state index is 13.3. The Morgan fingerprint density at radius 2 is 1.56 bits per heavy atom. The Balaban J connectivity index is 1.17. The first kappa shape index (κ1) is 28.5. The molecule has 1 aliphatic heterocycles. The van der Waals surface area contributed by atoms with Gasteiger partial charge >= 0.3 is 6.18 Å². The Labute approximate surface area is 249 Å². The van der Waals surface area contributed by atoms with Crippen molar-refractivity contribution in [2.24, 2.45) is 0 Å². The molecule has 1 N–H and O–H groups in total. The molecule has 0 radical (unpaired) electrons. The second-order valence-electron chi connectivity index (χ2n) is 11.2. The molecule has 0 aromatic heterocycles. The number of rotatable bonds is 6. The molecule has 4 nitrogen and oxygen atoms in total. The van der Waals surface area contributed by atoms with E-state index in [-0.39, 0.29) is 5.91 Å². The number of alkyl halides is 3. The van der Waals surface area contributed by atoms with Crippen molar-refractivity contribution in [1.29, 1.82) is 0 Å². The van der Waals surface area contributed by atoms with Crippen molar-refractivity contribution in [1.82, 2.24) is 4.90 Å². The molecule has 0 atom stereocenters. The van der Waals surface area contributed by atoms with Gasteiger partial charge in [0.1, 0.15) is 0 Å². The molecule has 7 heteroatoms. The molecule has 5 aromatic carbocycles. The van der Waals surface area contributed by atoms with Gasteiger partial charge in [-0.2, -0.15) is 13.2 Å². The molecular weight excluding hydrogens is 547 g/mol. The Morgan fingerprint density at radius 3 is 2.30 bits per heavy atom. The van der Waals surface area contributed by atoms with Crippen molar-refractivity contribution >= 4 is 28.1 Å². The zero-order valence-electron chi connectivity index (χ0n) is 24.1. The first-order chi connectivity index (χ1) is 20.7. The molecule has 0 spiro atoms. The second kappa shape index (κ2) is 11.6. The SMILES string of the molecule is CN(C)c1ccc(CN2CCc3cc(NC(=O)c4ccccc4-c4ccc(C(F)(F)F)cc4)ccc3C2)c2ccccc12. The van der Waals surface area contributed by atoms with Gasteiger partial charge < -0.3 is 10.2 Å². The van der Waals surface area contributed by atoms with Gasteiger partial charge in [-0.15, -0.1) is 0 Å². The van der Waals surface area contributed by atoms with E-state index in [0.717, 1.165) is 38.2 Å². The van der Waals surface area contributed by atoms with E-state index in [1.165, 1.54) is 45.3 Å². The highest BCUT2D eigenvalue weighted by atomic mass is 19.4. The first-order valence-electron chi connectivity index (χ1n) is 14.3. The van der Waals surface area contributed by atoms with E-state index >= 15 is 0 Å². The van der Waals surface area contributed by atoms with Crippen LogP contribution in [0.3, 0.4) is 0 Å². The normalized spacial score (nSPS) is 13.5. The van der Waals surface area contributed by atoms with Crippen molar-refractivity contribution in [3.8, 4) is 11.1 Å². The fraction of sp³-hybridized carbons (Fsp3) is 0.194. The van der Waals surface area contributed by atoms with Crippen LogP contribution in [0.15, 0.2) is 103 Å². The van der Waals surface area contributed by atoms with Crippen LogP contribution in [0.25, 0.3) is 21.9 Å². The number of fused-ring (bicyclic) bond motifs is 2. The quantitative estimate of drug-likeness (QED) is 0.219. The molecule has 6 rings (SSSR count). The van der Waals surface area contributed by atoms with Gasteiger partial charge in [0.2, 0.25) is 0 Å². The van der Waals surface area contributed by atoms with E-state index in [0.29, 0.717) is 22.4 Å². The molecule has 1 amide bonds. The van der Waals surface area contributed by atoms with E-state index in [2.05, 4.69) is 71.7 Å². The number of nitrogens with zero attached hydrogens (tertiary/aromatic N) is 2. The van der Waals surface area contributed by atoms with Crippen LogP contribution in [-0.4, -0.2) is 31.4 Å². The van der Waals surface area contributed by atoms with Gasteiger partial charge in [-0.3, -0.25) is 9.69 Å². The standard InChI is InChI=1S/C36H32F3N3O/c1-41(2)34-18-14-27(31-8-3-5-9-32(31)34)23-42-20-19-25-21-29(17-13-26(25)22-42)40-35(43)33-10-6-4-7-30(33)24-11-15-28(16-12-24)36(37,38)39/h3-18,21H,19-20,22-23H2,1-2H3,(H,40,43). The predicted octanol–water partition coefficient (Wildman–Crippen LogP) is 8.40. The van der Waals surface area contributed by atoms with Crippen LogP contribution < -0.4 is 10.2 Å². The summed E-state index contributed by atoms with van der Waals surface area (Å²) in [5.41, 5.74) is 6.47. The molecule has 0 saturated heterocycles. The van der Waals surface area contributed by atoms with Crippen LogP contribution >= 0.6 is 0 Å². The van der Waals surface area contributed by atoms with Gasteiger partial charge in [0.15, 0.2) is 0 Å². The molecule has 43 heavy (non-hydrogen) atoms. The maximum absolute atomic E-state index is 13.3.